The first-order valence-corrected chi connectivity index (χ1v) is 16.5. The van der Waals surface area contributed by atoms with E-state index in [1.165, 1.54) is 6.29 Å². The summed E-state index contributed by atoms with van der Waals surface area (Å²) in [5.41, 5.74) is 0.625. The molecule has 6 atom stereocenters. The van der Waals surface area contributed by atoms with Crippen molar-refractivity contribution >= 4 is 20.9 Å². The van der Waals surface area contributed by atoms with Gasteiger partial charge < -0.3 is 23.5 Å². The van der Waals surface area contributed by atoms with Crippen molar-refractivity contribution in [3.05, 3.63) is 29.8 Å². The van der Waals surface area contributed by atoms with Gasteiger partial charge >= 0.3 is 0 Å². The molecule has 6 heteroatoms. The third-order valence-corrected chi connectivity index (χ3v) is 14.6. The Kier molecular flexibility index (Phi) is 8.95. The Balaban J connectivity index is 1.88. The van der Waals surface area contributed by atoms with Gasteiger partial charge in [0.2, 0.25) is 0 Å². The van der Waals surface area contributed by atoms with Crippen LogP contribution in [0, 0.1) is 28.6 Å². The second-order valence-corrected chi connectivity index (χ2v) is 18.0. The summed E-state index contributed by atoms with van der Waals surface area (Å²) < 4.78 is 18.6. The highest BCUT2D eigenvalue weighted by atomic mass is 28.4. The van der Waals surface area contributed by atoms with Gasteiger partial charge in [0.25, 0.3) is 0 Å². The smallest absolute Gasteiger partial charge is 0.191 e. The number of benzene rings is 1. The zero-order valence-corrected chi connectivity index (χ0v) is 24.8. The topological polar surface area (TPSA) is 61.8 Å². The first kappa shape index (κ1) is 29.1. The lowest BCUT2D eigenvalue weighted by Gasteiger charge is -2.61. The van der Waals surface area contributed by atoms with Crippen LogP contribution >= 0.6 is 0 Å². The van der Waals surface area contributed by atoms with Gasteiger partial charge in [0, 0.05) is 18.4 Å². The van der Waals surface area contributed by atoms with Crippen molar-refractivity contribution in [2.45, 2.75) is 97.6 Å². The first-order chi connectivity index (χ1) is 16.8. The Hall–Kier alpha value is -1.50. The van der Waals surface area contributed by atoms with E-state index >= 15 is 0 Å². The van der Waals surface area contributed by atoms with E-state index in [4.69, 9.17) is 13.9 Å². The van der Waals surface area contributed by atoms with Gasteiger partial charge in [0.05, 0.1) is 19.8 Å². The Morgan fingerprint density at radius 3 is 2.19 bits per heavy atom. The summed E-state index contributed by atoms with van der Waals surface area (Å²) in [4.78, 5) is 24.7. The van der Waals surface area contributed by atoms with Crippen LogP contribution in [0.15, 0.2) is 24.3 Å². The number of ether oxygens (including phenoxy) is 2. The van der Waals surface area contributed by atoms with Crippen molar-refractivity contribution < 1.29 is 23.5 Å². The van der Waals surface area contributed by atoms with Crippen molar-refractivity contribution in [3.8, 4) is 5.75 Å². The standard InChI is InChI=1S/C30H48O5Si/c1-28(2,3)36(7,8)35-18-17-30(5)24(20-32)15-16-29(4)23(19-31)11-14-26(27(29)30)34-21-22-9-12-25(33-6)13-10-22/h9-10,12-13,19-20,23-24,26-27H,11,14-18,21H2,1-8H3/t23-,24-,26-,27-,29-,30-/m0/s1. The Labute approximate surface area is 219 Å². The molecule has 0 bridgehead atoms. The van der Waals surface area contributed by atoms with Gasteiger partial charge in [-0.3, -0.25) is 0 Å². The van der Waals surface area contributed by atoms with Gasteiger partial charge in [-0.2, -0.15) is 0 Å². The minimum atomic E-state index is -1.91. The van der Waals surface area contributed by atoms with Crippen molar-refractivity contribution in [1.82, 2.24) is 0 Å². The van der Waals surface area contributed by atoms with Crippen LogP contribution in [0.25, 0.3) is 0 Å². The van der Waals surface area contributed by atoms with Gasteiger partial charge in [-0.25, -0.2) is 0 Å². The molecule has 5 nitrogen and oxygen atoms in total. The molecule has 1 aromatic rings. The number of fused-ring (bicyclic) bond motifs is 1. The zero-order chi connectivity index (χ0) is 26.8. The molecule has 36 heavy (non-hydrogen) atoms. The molecule has 2 saturated carbocycles. The summed E-state index contributed by atoms with van der Waals surface area (Å²) in [5, 5.41) is 0.135. The van der Waals surface area contributed by atoms with Crippen molar-refractivity contribution in [3.63, 3.8) is 0 Å². The number of hydrogen-bond acceptors (Lipinski definition) is 5. The van der Waals surface area contributed by atoms with Crippen LogP contribution in [-0.2, 0) is 25.4 Å². The highest BCUT2D eigenvalue weighted by Crippen LogP contribution is 2.63. The van der Waals surface area contributed by atoms with Gasteiger partial charge in [-0.15, -0.1) is 0 Å². The van der Waals surface area contributed by atoms with Crippen LogP contribution in [0.4, 0.5) is 0 Å². The largest absolute Gasteiger partial charge is 0.497 e. The molecule has 0 N–H and O–H groups in total. The van der Waals surface area contributed by atoms with E-state index < -0.39 is 8.32 Å². The molecule has 0 radical (unpaired) electrons. The molecule has 2 fully saturated rings. The Morgan fingerprint density at radius 2 is 1.64 bits per heavy atom. The highest BCUT2D eigenvalue weighted by Gasteiger charge is 2.60. The number of aldehydes is 2. The minimum absolute atomic E-state index is 0.00317. The van der Waals surface area contributed by atoms with Crippen LogP contribution in [0.3, 0.4) is 0 Å². The van der Waals surface area contributed by atoms with E-state index in [1.54, 1.807) is 7.11 Å². The molecule has 0 unspecified atom stereocenters. The quantitative estimate of drug-likeness (QED) is 0.252. The van der Waals surface area contributed by atoms with Crippen molar-refractivity contribution in [2.75, 3.05) is 13.7 Å². The number of carbonyl (C=O) groups is 2. The predicted octanol–water partition coefficient (Wildman–Crippen LogP) is 6.84. The second kappa shape index (κ2) is 11.1. The maximum absolute atomic E-state index is 12.4. The molecule has 1 aromatic carbocycles. The summed E-state index contributed by atoms with van der Waals surface area (Å²) in [5.74, 6) is 0.875. The van der Waals surface area contributed by atoms with Crippen LogP contribution in [0.1, 0.15) is 72.3 Å². The molecular weight excluding hydrogens is 468 g/mol. The van der Waals surface area contributed by atoms with Crippen LogP contribution in [0.5, 0.6) is 5.75 Å². The summed E-state index contributed by atoms with van der Waals surface area (Å²) in [6.07, 6.45) is 6.51. The maximum atomic E-state index is 12.4. The molecule has 0 heterocycles. The number of hydrogen-bond donors (Lipinski definition) is 0. The van der Waals surface area contributed by atoms with Gasteiger partial charge in [0.1, 0.15) is 18.3 Å². The second-order valence-electron chi connectivity index (χ2n) is 13.1. The summed E-state index contributed by atoms with van der Waals surface area (Å²) in [6.45, 7) is 17.0. The predicted molar refractivity (Wildman–Crippen MR) is 147 cm³/mol. The normalized spacial score (nSPS) is 33.0. The average molecular weight is 517 g/mol. The van der Waals surface area contributed by atoms with Gasteiger partial charge in [0.15, 0.2) is 8.32 Å². The molecule has 0 spiro atoms. The molecule has 2 aliphatic carbocycles. The van der Waals surface area contributed by atoms with Crippen molar-refractivity contribution in [2.24, 2.45) is 28.6 Å². The monoisotopic (exact) mass is 516 g/mol. The number of carbonyl (C=O) groups excluding carboxylic acids is 2. The fourth-order valence-corrected chi connectivity index (χ4v) is 7.72. The summed E-state index contributed by atoms with van der Waals surface area (Å²) in [6, 6.07) is 7.99. The van der Waals surface area contributed by atoms with Gasteiger partial charge in [-0.05, 0) is 84.7 Å². The molecule has 0 amide bonds. The van der Waals surface area contributed by atoms with E-state index in [0.29, 0.717) is 13.2 Å². The molecule has 2 aliphatic rings. The maximum Gasteiger partial charge on any atom is 0.191 e. The lowest BCUT2D eigenvalue weighted by atomic mass is 9.44. The third-order valence-electron chi connectivity index (χ3n) is 10.1. The first-order valence-electron chi connectivity index (χ1n) is 13.6. The number of rotatable bonds is 10. The SMILES string of the molecule is COc1ccc(CO[C@H]2CC[C@@H](C=O)[C@]3(C)CC[C@@H](C=O)[C@](C)(CCO[Si](C)(C)C(C)(C)C)[C@@H]23)cc1. The highest BCUT2D eigenvalue weighted by molar-refractivity contribution is 6.74. The van der Waals surface area contributed by atoms with Crippen molar-refractivity contribution in [1.29, 1.82) is 0 Å². The fraction of sp³-hybridized carbons (Fsp3) is 0.733. The zero-order valence-electron chi connectivity index (χ0n) is 23.8. The van der Waals surface area contributed by atoms with E-state index in [2.05, 4.69) is 47.7 Å². The molecule has 0 aromatic heterocycles. The third kappa shape index (κ3) is 5.66. The van der Waals surface area contributed by atoms with Crippen LogP contribution in [-0.4, -0.2) is 40.7 Å². The molecular formula is C30H48O5Si. The van der Waals surface area contributed by atoms with Crippen LogP contribution < -0.4 is 4.74 Å². The van der Waals surface area contributed by atoms with E-state index in [1.807, 2.05) is 24.3 Å². The Bertz CT molecular complexity index is 892. The fourth-order valence-electron chi connectivity index (χ4n) is 6.68. The lowest BCUT2D eigenvalue weighted by Crippen LogP contribution is -2.60. The molecule has 3 rings (SSSR count). The van der Waals surface area contributed by atoms with E-state index in [-0.39, 0.29) is 39.7 Å². The molecule has 0 aliphatic heterocycles. The minimum Gasteiger partial charge on any atom is -0.497 e. The summed E-state index contributed by atoms with van der Waals surface area (Å²) in [7, 11) is -0.241. The Morgan fingerprint density at radius 1 is 1.00 bits per heavy atom. The number of methoxy groups -OCH3 is 1. The van der Waals surface area contributed by atoms with E-state index in [0.717, 1.165) is 49.7 Å². The lowest BCUT2D eigenvalue weighted by molar-refractivity contribution is -0.188. The molecule has 202 valence electrons. The van der Waals surface area contributed by atoms with E-state index in [9.17, 15) is 9.59 Å². The average Bonchev–Trinajstić information content (AvgIpc) is 2.82. The van der Waals surface area contributed by atoms with Gasteiger partial charge in [-0.1, -0.05) is 46.8 Å². The summed E-state index contributed by atoms with van der Waals surface area (Å²) >= 11 is 0. The molecule has 0 saturated heterocycles. The van der Waals surface area contributed by atoms with Crippen LogP contribution in [0.2, 0.25) is 18.1 Å².